The van der Waals surface area contributed by atoms with Gasteiger partial charge in [0.15, 0.2) is 11.5 Å². The summed E-state index contributed by atoms with van der Waals surface area (Å²) in [6.45, 7) is 2.33. The van der Waals surface area contributed by atoms with E-state index >= 15 is 0 Å². The standard InChI is InChI=1S/C26H22FIN2O4/c1-16-5-3-6-17(9-16)14-30-25(31)22(29-26(30)32)12-19-11-21(28)24(23(13-19)33-2)34-15-18-7-4-8-20(27)10-18/h3-13H,14-15H2,1-2H3,(H,29,32)/b22-12+. The lowest BCUT2D eigenvalue weighted by Gasteiger charge is -2.14. The Labute approximate surface area is 210 Å². The van der Waals surface area contributed by atoms with Crippen LogP contribution in [0.25, 0.3) is 6.08 Å². The zero-order chi connectivity index (χ0) is 24.2. The number of hydrogen-bond donors (Lipinski definition) is 1. The van der Waals surface area contributed by atoms with Crippen molar-refractivity contribution < 1.29 is 23.5 Å². The molecule has 0 saturated carbocycles. The maximum Gasteiger partial charge on any atom is 0.329 e. The smallest absolute Gasteiger partial charge is 0.329 e. The van der Waals surface area contributed by atoms with Crippen LogP contribution in [0.3, 0.4) is 0 Å². The molecule has 0 spiro atoms. The summed E-state index contributed by atoms with van der Waals surface area (Å²) in [4.78, 5) is 26.5. The number of halogens is 2. The van der Waals surface area contributed by atoms with Crippen LogP contribution >= 0.6 is 22.6 Å². The number of rotatable bonds is 7. The number of ether oxygens (including phenoxy) is 2. The van der Waals surface area contributed by atoms with Gasteiger partial charge in [0.2, 0.25) is 0 Å². The Kier molecular flexibility index (Phi) is 7.16. The van der Waals surface area contributed by atoms with E-state index in [4.69, 9.17) is 9.47 Å². The lowest BCUT2D eigenvalue weighted by molar-refractivity contribution is -0.123. The maximum atomic E-state index is 13.4. The molecule has 4 rings (SSSR count). The molecule has 0 unspecified atom stereocenters. The number of hydrogen-bond acceptors (Lipinski definition) is 4. The highest BCUT2D eigenvalue weighted by molar-refractivity contribution is 14.1. The molecule has 174 valence electrons. The van der Waals surface area contributed by atoms with Gasteiger partial charge in [0.1, 0.15) is 18.1 Å². The summed E-state index contributed by atoms with van der Waals surface area (Å²) in [6, 6.07) is 16.9. The third-order valence-electron chi connectivity index (χ3n) is 5.22. The van der Waals surface area contributed by atoms with Crippen LogP contribution in [0.1, 0.15) is 22.3 Å². The van der Waals surface area contributed by atoms with Crippen LogP contribution in [0, 0.1) is 16.3 Å². The number of nitrogens with zero attached hydrogens (tertiary/aromatic N) is 1. The normalized spacial score (nSPS) is 14.5. The number of methoxy groups -OCH3 is 1. The molecule has 1 aliphatic heterocycles. The first-order valence-corrected chi connectivity index (χ1v) is 11.6. The zero-order valence-electron chi connectivity index (χ0n) is 18.6. The lowest BCUT2D eigenvalue weighted by Crippen LogP contribution is -2.30. The molecule has 3 aromatic carbocycles. The van der Waals surface area contributed by atoms with E-state index in [-0.39, 0.29) is 24.7 Å². The van der Waals surface area contributed by atoms with Gasteiger partial charge in [-0.1, -0.05) is 42.0 Å². The molecule has 6 nitrogen and oxygen atoms in total. The van der Waals surface area contributed by atoms with Gasteiger partial charge >= 0.3 is 6.03 Å². The quantitative estimate of drug-likeness (QED) is 0.233. The Morgan fingerprint density at radius 2 is 1.82 bits per heavy atom. The second-order valence-electron chi connectivity index (χ2n) is 7.82. The van der Waals surface area contributed by atoms with E-state index in [0.717, 1.165) is 14.7 Å². The first-order valence-electron chi connectivity index (χ1n) is 10.5. The fourth-order valence-corrected chi connectivity index (χ4v) is 4.40. The molecule has 8 heteroatoms. The molecule has 1 N–H and O–H groups in total. The average molecular weight is 572 g/mol. The van der Waals surface area contributed by atoms with E-state index in [1.165, 1.54) is 24.1 Å². The van der Waals surface area contributed by atoms with E-state index < -0.39 is 11.9 Å². The molecule has 1 aliphatic rings. The Balaban J connectivity index is 1.53. The summed E-state index contributed by atoms with van der Waals surface area (Å²) in [5.41, 5.74) is 3.48. The summed E-state index contributed by atoms with van der Waals surface area (Å²) in [7, 11) is 1.52. The summed E-state index contributed by atoms with van der Waals surface area (Å²) < 4.78 is 25.6. The van der Waals surface area contributed by atoms with E-state index in [0.29, 0.717) is 22.6 Å². The minimum atomic E-state index is -0.463. The first kappa shape index (κ1) is 23.7. The van der Waals surface area contributed by atoms with Crippen molar-refractivity contribution in [2.75, 3.05) is 7.11 Å². The van der Waals surface area contributed by atoms with Crippen LogP contribution in [0.5, 0.6) is 11.5 Å². The van der Waals surface area contributed by atoms with Crippen molar-refractivity contribution in [2.24, 2.45) is 0 Å². The van der Waals surface area contributed by atoms with Gasteiger partial charge < -0.3 is 14.8 Å². The molecule has 0 bridgehead atoms. The fraction of sp³-hybridized carbons (Fsp3) is 0.154. The minimum absolute atomic E-state index is 0.174. The third kappa shape index (κ3) is 5.39. The number of carbonyl (C=O) groups is 2. The largest absolute Gasteiger partial charge is 0.493 e. The molecule has 1 fully saturated rings. The van der Waals surface area contributed by atoms with Crippen molar-refractivity contribution in [1.29, 1.82) is 0 Å². The fourth-order valence-electron chi connectivity index (χ4n) is 3.62. The van der Waals surface area contributed by atoms with Crippen LogP contribution in [-0.4, -0.2) is 23.9 Å². The van der Waals surface area contributed by atoms with Crippen LogP contribution in [0.2, 0.25) is 0 Å². The number of aryl methyl sites for hydroxylation is 1. The van der Waals surface area contributed by atoms with E-state index in [9.17, 15) is 14.0 Å². The highest BCUT2D eigenvalue weighted by Gasteiger charge is 2.33. The molecule has 0 radical (unpaired) electrons. The van der Waals surface area contributed by atoms with Crippen molar-refractivity contribution in [2.45, 2.75) is 20.1 Å². The number of imide groups is 1. The summed E-state index contributed by atoms with van der Waals surface area (Å²) >= 11 is 2.11. The summed E-state index contributed by atoms with van der Waals surface area (Å²) in [5.74, 6) is 0.247. The molecule has 3 aromatic rings. The maximum absolute atomic E-state index is 13.4. The predicted molar refractivity (Wildman–Crippen MR) is 135 cm³/mol. The van der Waals surface area contributed by atoms with E-state index in [2.05, 4.69) is 27.9 Å². The van der Waals surface area contributed by atoms with Crippen LogP contribution < -0.4 is 14.8 Å². The topological polar surface area (TPSA) is 67.9 Å². The molecule has 3 amide bonds. The Hall–Kier alpha value is -3.40. The highest BCUT2D eigenvalue weighted by atomic mass is 127. The van der Waals surface area contributed by atoms with Gasteiger partial charge in [0.05, 0.1) is 17.2 Å². The Morgan fingerprint density at radius 3 is 2.56 bits per heavy atom. The predicted octanol–water partition coefficient (Wildman–Crippen LogP) is 5.42. The van der Waals surface area contributed by atoms with E-state index in [1.54, 1.807) is 24.3 Å². The molecule has 1 saturated heterocycles. The van der Waals surface area contributed by atoms with Crippen molar-refractivity contribution in [3.63, 3.8) is 0 Å². The number of urea groups is 1. The SMILES string of the molecule is COc1cc(/C=C2/NC(=O)N(Cc3cccc(C)c3)C2=O)cc(I)c1OCc1cccc(F)c1. The van der Waals surface area contributed by atoms with E-state index in [1.807, 2.05) is 37.3 Å². The van der Waals surface area contributed by atoms with Crippen molar-refractivity contribution in [3.05, 3.63) is 98.0 Å². The highest BCUT2D eigenvalue weighted by Crippen LogP contribution is 2.35. The van der Waals surface area contributed by atoms with Gasteiger partial charge in [-0.2, -0.15) is 0 Å². The molecule has 1 heterocycles. The van der Waals surface area contributed by atoms with Crippen molar-refractivity contribution >= 4 is 40.6 Å². The number of carbonyl (C=O) groups excluding carboxylic acids is 2. The molecule has 0 aliphatic carbocycles. The van der Waals surface area contributed by atoms with Gasteiger partial charge in [-0.3, -0.25) is 9.69 Å². The second-order valence-corrected chi connectivity index (χ2v) is 8.98. The van der Waals surface area contributed by atoms with Gasteiger partial charge in [0, 0.05) is 0 Å². The van der Waals surface area contributed by atoms with Crippen LogP contribution in [0.15, 0.2) is 66.4 Å². The average Bonchev–Trinajstić information content (AvgIpc) is 3.05. The minimum Gasteiger partial charge on any atom is -0.493 e. The van der Waals surface area contributed by atoms with Gasteiger partial charge in [-0.15, -0.1) is 0 Å². The van der Waals surface area contributed by atoms with Crippen LogP contribution in [0.4, 0.5) is 9.18 Å². The van der Waals surface area contributed by atoms with Gasteiger partial charge in [-0.25, -0.2) is 9.18 Å². The third-order valence-corrected chi connectivity index (χ3v) is 6.02. The monoisotopic (exact) mass is 572 g/mol. The Morgan fingerprint density at radius 1 is 1.06 bits per heavy atom. The summed E-state index contributed by atoms with van der Waals surface area (Å²) in [6.07, 6.45) is 1.61. The Bertz CT molecular complexity index is 1290. The molecule has 34 heavy (non-hydrogen) atoms. The zero-order valence-corrected chi connectivity index (χ0v) is 20.8. The number of amides is 3. The summed E-state index contributed by atoms with van der Waals surface area (Å²) in [5, 5.41) is 2.65. The number of nitrogens with one attached hydrogen (secondary N) is 1. The van der Waals surface area contributed by atoms with Crippen LogP contribution in [-0.2, 0) is 17.9 Å². The molecular formula is C26H22FIN2O4. The van der Waals surface area contributed by atoms with Gasteiger partial charge in [-0.05, 0) is 76.5 Å². The first-order chi connectivity index (χ1) is 16.3. The molecule has 0 atom stereocenters. The lowest BCUT2D eigenvalue weighted by atomic mass is 10.1. The second kappa shape index (κ2) is 10.3. The van der Waals surface area contributed by atoms with Crippen molar-refractivity contribution in [1.82, 2.24) is 10.2 Å². The number of benzene rings is 3. The molecular weight excluding hydrogens is 550 g/mol. The molecule has 0 aromatic heterocycles. The van der Waals surface area contributed by atoms with Crippen molar-refractivity contribution in [3.8, 4) is 11.5 Å². The van der Waals surface area contributed by atoms with Gasteiger partial charge in [0.25, 0.3) is 5.91 Å².